The van der Waals surface area contributed by atoms with E-state index >= 15 is 0 Å². The minimum absolute atomic E-state index is 0.676. The van der Waals surface area contributed by atoms with E-state index in [0.717, 1.165) is 30.7 Å². The van der Waals surface area contributed by atoms with Crippen LogP contribution in [0.1, 0.15) is 16.7 Å². The predicted octanol–water partition coefficient (Wildman–Crippen LogP) is 3.23. The third-order valence-corrected chi connectivity index (χ3v) is 3.96. The highest BCUT2D eigenvalue weighted by Crippen LogP contribution is 2.35. The van der Waals surface area contributed by atoms with Crippen molar-refractivity contribution in [1.29, 1.82) is 0 Å². The Bertz CT molecular complexity index is 574. The van der Waals surface area contributed by atoms with Crippen LogP contribution in [-0.2, 0) is 19.3 Å². The third kappa shape index (κ3) is 2.43. The summed E-state index contributed by atoms with van der Waals surface area (Å²) in [6, 6.07) is 14.6. The molecule has 0 aliphatic heterocycles. The number of fused-ring (bicyclic) bond motifs is 1. The lowest BCUT2D eigenvalue weighted by Crippen LogP contribution is -2.04. The molecule has 1 aliphatic rings. The van der Waals surface area contributed by atoms with Crippen molar-refractivity contribution in [3.63, 3.8) is 0 Å². The number of nitrogen functional groups attached to an aromatic ring is 1. The molecule has 0 amide bonds. The summed E-state index contributed by atoms with van der Waals surface area (Å²) < 4.78 is 5.45. The molecule has 1 unspecified atom stereocenters. The molecule has 0 saturated carbocycles. The molecule has 2 N–H and O–H groups in total. The van der Waals surface area contributed by atoms with Gasteiger partial charge in [-0.3, -0.25) is 0 Å². The average molecular weight is 253 g/mol. The van der Waals surface area contributed by atoms with Crippen LogP contribution in [0.2, 0.25) is 0 Å². The highest BCUT2D eigenvalue weighted by molar-refractivity contribution is 5.44. The van der Waals surface area contributed by atoms with Crippen LogP contribution in [0.5, 0.6) is 5.75 Å². The van der Waals surface area contributed by atoms with Crippen molar-refractivity contribution in [2.45, 2.75) is 19.3 Å². The van der Waals surface area contributed by atoms with Gasteiger partial charge in [0.2, 0.25) is 0 Å². The molecule has 0 saturated heterocycles. The Morgan fingerprint density at radius 3 is 2.63 bits per heavy atom. The molecule has 2 heteroatoms. The standard InChI is InChI=1S/C17H19NO/c1-19-17-4-2-3-14-10-13(11-16(14)17)9-12-5-7-15(18)8-6-12/h2-8,13H,9-11,18H2,1H3. The van der Waals surface area contributed by atoms with E-state index in [-0.39, 0.29) is 0 Å². The molecule has 0 fully saturated rings. The van der Waals surface area contributed by atoms with Crippen molar-refractivity contribution >= 4 is 5.69 Å². The molecule has 1 aliphatic carbocycles. The number of hydrogen-bond acceptors (Lipinski definition) is 2. The Morgan fingerprint density at radius 1 is 1.11 bits per heavy atom. The summed E-state index contributed by atoms with van der Waals surface area (Å²) in [4.78, 5) is 0. The monoisotopic (exact) mass is 253 g/mol. The Labute approximate surface area is 114 Å². The lowest BCUT2D eigenvalue weighted by atomic mass is 9.96. The van der Waals surface area contributed by atoms with Crippen LogP contribution in [0.25, 0.3) is 0 Å². The van der Waals surface area contributed by atoms with Gasteiger partial charge in [-0.2, -0.15) is 0 Å². The lowest BCUT2D eigenvalue weighted by molar-refractivity contribution is 0.408. The second-order valence-corrected chi connectivity index (χ2v) is 5.32. The van der Waals surface area contributed by atoms with Crippen LogP contribution in [0.3, 0.4) is 0 Å². The first-order valence-electron chi connectivity index (χ1n) is 6.75. The first kappa shape index (κ1) is 12.1. The molecule has 19 heavy (non-hydrogen) atoms. The average Bonchev–Trinajstić information content (AvgIpc) is 2.83. The number of rotatable bonds is 3. The van der Waals surface area contributed by atoms with Gasteiger partial charge in [-0.25, -0.2) is 0 Å². The van der Waals surface area contributed by atoms with Crippen LogP contribution in [0.4, 0.5) is 5.69 Å². The summed E-state index contributed by atoms with van der Waals surface area (Å²) in [7, 11) is 1.75. The fraction of sp³-hybridized carbons (Fsp3) is 0.294. The van der Waals surface area contributed by atoms with Crippen molar-refractivity contribution in [3.8, 4) is 5.75 Å². The summed E-state index contributed by atoms with van der Waals surface area (Å²) in [5.41, 5.74) is 10.8. The van der Waals surface area contributed by atoms with E-state index < -0.39 is 0 Å². The van der Waals surface area contributed by atoms with Crippen LogP contribution in [0, 0.1) is 5.92 Å². The van der Waals surface area contributed by atoms with Crippen molar-refractivity contribution in [1.82, 2.24) is 0 Å². The quantitative estimate of drug-likeness (QED) is 0.852. The van der Waals surface area contributed by atoms with Gasteiger partial charge in [0.25, 0.3) is 0 Å². The molecular weight excluding hydrogens is 234 g/mol. The molecule has 0 heterocycles. The fourth-order valence-corrected chi connectivity index (χ4v) is 3.03. The predicted molar refractivity (Wildman–Crippen MR) is 78.5 cm³/mol. The Balaban J connectivity index is 1.75. The van der Waals surface area contributed by atoms with Crippen LogP contribution in [-0.4, -0.2) is 7.11 Å². The van der Waals surface area contributed by atoms with Gasteiger partial charge in [0, 0.05) is 5.69 Å². The molecule has 0 spiro atoms. The first-order valence-corrected chi connectivity index (χ1v) is 6.75. The molecule has 1 atom stereocenters. The molecule has 0 radical (unpaired) electrons. The van der Waals surface area contributed by atoms with E-state index in [1.54, 1.807) is 7.11 Å². The first-order chi connectivity index (χ1) is 9.26. The maximum atomic E-state index is 5.73. The number of ether oxygens (including phenoxy) is 1. The zero-order valence-corrected chi connectivity index (χ0v) is 11.2. The summed E-state index contributed by atoms with van der Waals surface area (Å²) in [5, 5.41) is 0. The Hall–Kier alpha value is -1.96. The Morgan fingerprint density at radius 2 is 1.89 bits per heavy atom. The van der Waals surface area contributed by atoms with E-state index in [1.807, 2.05) is 12.1 Å². The second kappa shape index (κ2) is 4.96. The van der Waals surface area contributed by atoms with Gasteiger partial charge in [0.15, 0.2) is 0 Å². The summed E-state index contributed by atoms with van der Waals surface area (Å²) >= 11 is 0. The van der Waals surface area contributed by atoms with Crippen LogP contribution < -0.4 is 10.5 Å². The zero-order valence-electron chi connectivity index (χ0n) is 11.2. The van der Waals surface area contributed by atoms with Gasteiger partial charge in [-0.05, 0) is 60.1 Å². The van der Waals surface area contributed by atoms with E-state index in [9.17, 15) is 0 Å². The normalized spacial score (nSPS) is 17.2. The molecule has 0 aromatic heterocycles. The molecule has 2 aromatic carbocycles. The van der Waals surface area contributed by atoms with E-state index in [1.165, 1.54) is 16.7 Å². The van der Waals surface area contributed by atoms with Gasteiger partial charge >= 0.3 is 0 Å². The van der Waals surface area contributed by atoms with Crippen molar-refractivity contribution in [2.75, 3.05) is 12.8 Å². The topological polar surface area (TPSA) is 35.2 Å². The van der Waals surface area contributed by atoms with Gasteiger partial charge in [0.1, 0.15) is 5.75 Å². The number of hydrogen-bond donors (Lipinski definition) is 1. The van der Waals surface area contributed by atoms with Crippen molar-refractivity contribution in [2.24, 2.45) is 5.92 Å². The number of anilines is 1. The van der Waals surface area contributed by atoms with E-state index in [4.69, 9.17) is 10.5 Å². The number of benzene rings is 2. The smallest absolute Gasteiger partial charge is 0.122 e. The van der Waals surface area contributed by atoms with Gasteiger partial charge in [-0.15, -0.1) is 0 Å². The highest BCUT2D eigenvalue weighted by atomic mass is 16.5. The summed E-state index contributed by atoms with van der Waals surface area (Å²) in [6.45, 7) is 0. The molecule has 98 valence electrons. The van der Waals surface area contributed by atoms with Gasteiger partial charge < -0.3 is 10.5 Å². The minimum atomic E-state index is 0.676. The van der Waals surface area contributed by atoms with Gasteiger partial charge in [-0.1, -0.05) is 24.3 Å². The number of methoxy groups -OCH3 is 1. The third-order valence-electron chi connectivity index (χ3n) is 3.96. The summed E-state index contributed by atoms with van der Waals surface area (Å²) in [5.74, 6) is 1.72. The second-order valence-electron chi connectivity index (χ2n) is 5.32. The SMILES string of the molecule is COc1cccc2c1CC(Cc1ccc(N)cc1)C2. The van der Waals surface area contributed by atoms with Crippen LogP contribution >= 0.6 is 0 Å². The molecule has 3 rings (SSSR count). The maximum Gasteiger partial charge on any atom is 0.122 e. The van der Waals surface area contributed by atoms with E-state index in [0.29, 0.717) is 5.92 Å². The molecule has 2 aromatic rings. The molecule has 0 bridgehead atoms. The fourth-order valence-electron chi connectivity index (χ4n) is 3.03. The number of nitrogens with two attached hydrogens (primary N) is 1. The Kier molecular flexibility index (Phi) is 3.16. The maximum absolute atomic E-state index is 5.73. The molecule has 2 nitrogen and oxygen atoms in total. The lowest BCUT2D eigenvalue weighted by Gasteiger charge is -2.09. The van der Waals surface area contributed by atoms with E-state index in [2.05, 4.69) is 30.3 Å². The van der Waals surface area contributed by atoms with Crippen LogP contribution in [0.15, 0.2) is 42.5 Å². The largest absolute Gasteiger partial charge is 0.496 e. The zero-order chi connectivity index (χ0) is 13.2. The molecular formula is C17H19NO. The van der Waals surface area contributed by atoms with Crippen molar-refractivity contribution in [3.05, 3.63) is 59.2 Å². The van der Waals surface area contributed by atoms with Gasteiger partial charge in [0.05, 0.1) is 7.11 Å². The van der Waals surface area contributed by atoms with Crippen molar-refractivity contribution < 1.29 is 4.74 Å². The highest BCUT2D eigenvalue weighted by Gasteiger charge is 2.24. The minimum Gasteiger partial charge on any atom is -0.496 e. The summed E-state index contributed by atoms with van der Waals surface area (Å²) in [6.07, 6.45) is 3.37.